The SMILES string of the molecule is COCC(=O)Nc1ccc(N(C)C)nc1. The second-order valence-corrected chi connectivity index (χ2v) is 3.28. The van der Waals surface area contributed by atoms with Crippen molar-refractivity contribution in [2.75, 3.05) is 38.0 Å². The molecule has 0 fully saturated rings. The summed E-state index contributed by atoms with van der Waals surface area (Å²) >= 11 is 0. The molecule has 0 atom stereocenters. The number of rotatable bonds is 4. The van der Waals surface area contributed by atoms with Crippen molar-refractivity contribution in [3.8, 4) is 0 Å². The molecule has 0 aliphatic carbocycles. The molecule has 1 aromatic rings. The maximum absolute atomic E-state index is 11.2. The Hall–Kier alpha value is -1.62. The Labute approximate surface area is 89.1 Å². The zero-order valence-corrected chi connectivity index (χ0v) is 9.15. The number of nitrogens with zero attached hydrogens (tertiary/aromatic N) is 2. The highest BCUT2D eigenvalue weighted by molar-refractivity contribution is 5.91. The van der Waals surface area contributed by atoms with Gasteiger partial charge in [-0.3, -0.25) is 4.79 Å². The molecule has 0 saturated carbocycles. The lowest BCUT2D eigenvalue weighted by molar-refractivity contribution is -0.119. The third-order valence-corrected chi connectivity index (χ3v) is 1.77. The van der Waals surface area contributed by atoms with Gasteiger partial charge in [-0.2, -0.15) is 0 Å². The average Bonchev–Trinajstić information content (AvgIpc) is 2.18. The molecule has 1 N–H and O–H groups in total. The van der Waals surface area contributed by atoms with Gasteiger partial charge in [0.25, 0.3) is 0 Å². The van der Waals surface area contributed by atoms with Crippen molar-refractivity contribution in [3.05, 3.63) is 18.3 Å². The van der Waals surface area contributed by atoms with Gasteiger partial charge >= 0.3 is 0 Å². The fraction of sp³-hybridized carbons (Fsp3) is 0.400. The summed E-state index contributed by atoms with van der Waals surface area (Å²) in [5.41, 5.74) is 0.669. The Morgan fingerprint density at radius 3 is 2.73 bits per heavy atom. The normalized spacial score (nSPS) is 9.80. The van der Waals surface area contributed by atoms with Crippen LogP contribution in [0.1, 0.15) is 0 Å². The Morgan fingerprint density at radius 1 is 1.53 bits per heavy atom. The van der Waals surface area contributed by atoms with E-state index in [1.165, 1.54) is 7.11 Å². The number of carbonyl (C=O) groups is 1. The monoisotopic (exact) mass is 209 g/mol. The summed E-state index contributed by atoms with van der Waals surface area (Å²) in [7, 11) is 5.30. The number of carbonyl (C=O) groups excluding carboxylic acids is 1. The minimum Gasteiger partial charge on any atom is -0.375 e. The van der Waals surface area contributed by atoms with E-state index in [-0.39, 0.29) is 12.5 Å². The van der Waals surface area contributed by atoms with Crippen LogP contribution in [-0.2, 0) is 9.53 Å². The molecule has 15 heavy (non-hydrogen) atoms. The Morgan fingerprint density at radius 2 is 2.27 bits per heavy atom. The highest BCUT2D eigenvalue weighted by Gasteiger charge is 2.02. The van der Waals surface area contributed by atoms with Crippen molar-refractivity contribution in [3.63, 3.8) is 0 Å². The maximum atomic E-state index is 11.2. The number of nitrogens with one attached hydrogen (secondary N) is 1. The standard InChI is InChI=1S/C10H15N3O2/c1-13(2)9-5-4-8(6-11-9)12-10(14)7-15-3/h4-6H,7H2,1-3H3,(H,12,14). The van der Waals surface area contributed by atoms with Gasteiger partial charge in [0.1, 0.15) is 12.4 Å². The van der Waals surface area contributed by atoms with Gasteiger partial charge in [0.2, 0.25) is 5.91 Å². The molecule has 1 heterocycles. The smallest absolute Gasteiger partial charge is 0.250 e. The fourth-order valence-corrected chi connectivity index (χ4v) is 1.05. The van der Waals surface area contributed by atoms with Crippen molar-refractivity contribution in [1.82, 2.24) is 4.98 Å². The molecule has 5 nitrogen and oxygen atoms in total. The van der Waals surface area contributed by atoms with E-state index in [1.807, 2.05) is 25.1 Å². The van der Waals surface area contributed by atoms with Gasteiger partial charge in [-0.1, -0.05) is 0 Å². The van der Waals surface area contributed by atoms with Crippen molar-refractivity contribution in [2.45, 2.75) is 0 Å². The first-order valence-electron chi connectivity index (χ1n) is 4.55. The Bertz CT molecular complexity index is 322. The Balaban J connectivity index is 2.60. The molecule has 0 aliphatic rings. The highest BCUT2D eigenvalue weighted by atomic mass is 16.5. The number of methoxy groups -OCH3 is 1. The van der Waals surface area contributed by atoms with E-state index in [2.05, 4.69) is 10.3 Å². The van der Waals surface area contributed by atoms with E-state index in [1.54, 1.807) is 12.3 Å². The summed E-state index contributed by atoms with van der Waals surface area (Å²) in [5, 5.41) is 2.66. The van der Waals surface area contributed by atoms with Gasteiger partial charge in [0, 0.05) is 21.2 Å². The van der Waals surface area contributed by atoms with Gasteiger partial charge in [-0.25, -0.2) is 4.98 Å². The molecule has 82 valence electrons. The minimum absolute atomic E-state index is 0.0510. The minimum atomic E-state index is -0.183. The average molecular weight is 209 g/mol. The summed E-state index contributed by atoms with van der Waals surface area (Å²) in [6.07, 6.45) is 1.61. The lowest BCUT2D eigenvalue weighted by Gasteiger charge is -2.11. The van der Waals surface area contributed by atoms with Crippen molar-refractivity contribution >= 4 is 17.4 Å². The Kier molecular flexibility index (Phi) is 4.05. The van der Waals surface area contributed by atoms with Crippen LogP contribution in [0.5, 0.6) is 0 Å². The zero-order valence-electron chi connectivity index (χ0n) is 9.15. The van der Waals surface area contributed by atoms with E-state index in [0.717, 1.165) is 5.82 Å². The second kappa shape index (κ2) is 5.31. The maximum Gasteiger partial charge on any atom is 0.250 e. The van der Waals surface area contributed by atoms with Crippen LogP contribution in [0.4, 0.5) is 11.5 Å². The lowest BCUT2D eigenvalue weighted by atomic mass is 10.4. The molecule has 0 aromatic carbocycles. The highest BCUT2D eigenvalue weighted by Crippen LogP contribution is 2.11. The number of ether oxygens (including phenoxy) is 1. The van der Waals surface area contributed by atoms with E-state index >= 15 is 0 Å². The molecular weight excluding hydrogens is 194 g/mol. The quantitative estimate of drug-likeness (QED) is 0.794. The first kappa shape index (κ1) is 11.5. The lowest BCUT2D eigenvalue weighted by Crippen LogP contribution is -2.17. The second-order valence-electron chi connectivity index (χ2n) is 3.28. The van der Waals surface area contributed by atoms with Crippen LogP contribution >= 0.6 is 0 Å². The molecule has 1 rings (SSSR count). The van der Waals surface area contributed by atoms with Gasteiger partial charge in [0.15, 0.2) is 0 Å². The van der Waals surface area contributed by atoms with E-state index in [0.29, 0.717) is 5.69 Å². The first-order valence-corrected chi connectivity index (χ1v) is 4.55. The largest absolute Gasteiger partial charge is 0.375 e. The number of hydrogen-bond donors (Lipinski definition) is 1. The summed E-state index contributed by atoms with van der Waals surface area (Å²) in [6.45, 7) is 0.0510. The van der Waals surface area contributed by atoms with Crippen LogP contribution in [0.25, 0.3) is 0 Å². The van der Waals surface area contributed by atoms with E-state index in [4.69, 9.17) is 4.74 Å². The molecule has 5 heteroatoms. The molecule has 0 aliphatic heterocycles. The first-order chi connectivity index (χ1) is 7.13. The van der Waals surface area contributed by atoms with Gasteiger partial charge < -0.3 is 15.0 Å². The molecule has 1 aromatic heterocycles. The number of hydrogen-bond acceptors (Lipinski definition) is 4. The third kappa shape index (κ3) is 3.55. The molecule has 0 bridgehead atoms. The van der Waals surface area contributed by atoms with Crippen molar-refractivity contribution in [2.24, 2.45) is 0 Å². The van der Waals surface area contributed by atoms with Crippen LogP contribution < -0.4 is 10.2 Å². The molecule has 0 unspecified atom stereocenters. The number of amides is 1. The summed E-state index contributed by atoms with van der Waals surface area (Å²) in [5.74, 6) is 0.664. The topological polar surface area (TPSA) is 54.5 Å². The van der Waals surface area contributed by atoms with E-state index in [9.17, 15) is 4.79 Å². The predicted octanol–water partition coefficient (Wildman–Crippen LogP) is 0.732. The van der Waals surface area contributed by atoms with Crippen LogP contribution in [0.15, 0.2) is 18.3 Å². The van der Waals surface area contributed by atoms with Gasteiger partial charge in [0.05, 0.1) is 11.9 Å². The molecular formula is C10H15N3O2. The molecule has 0 radical (unpaired) electrons. The fourth-order valence-electron chi connectivity index (χ4n) is 1.05. The van der Waals surface area contributed by atoms with Gasteiger partial charge in [-0.05, 0) is 12.1 Å². The van der Waals surface area contributed by atoms with Crippen LogP contribution in [-0.4, -0.2) is 38.7 Å². The number of pyridine rings is 1. The zero-order chi connectivity index (χ0) is 11.3. The van der Waals surface area contributed by atoms with Gasteiger partial charge in [-0.15, -0.1) is 0 Å². The molecule has 1 amide bonds. The van der Waals surface area contributed by atoms with E-state index < -0.39 is 0 Å². The molecule has 0 spiro atoms. The summed E-state index contributed by atoms with van der Waals surface area (Å²) in [6, 6.07) is 3.64. The van der Waals surface area contributed by atoms with Crippen LogP contribution in [0.2, 0.25) is 0 Å². The van der Waals surface area contributed by atoms with Crippen LogP contribution in [0, 0.1) is 0 Å². The predicted molar refractivity (Wildman–Crippen MR) is 59.1 cm³/mol. The van der Waals surface area contributed by atoms with Crippen molar-refractivity contribution in [1.29, 1.82) is 0 Å². The summed E-state index contributed by atoms with van der Waals surface area (Å²) < 4.78 is 4.70. The van der Waals surface area contributed by atoms with Crippen LogP contribution in [0.3, 0.4) is 0 Å². The molecule has 0 saturated heterocycles. The number of aromatic nitrogens is 1. The third-order valence-electron chi connectivity index (χ3n) is 1.77. The van der Waals surface area contributed by atoms with Crippen molar-refractivity contribution < 1.29 is 9.53 Å². The number of anilines is 2. The summed E-state index contributed by atoms with van der Waals surface area (Å²) in [4.78, 5) is 17.2.